The van der Waals surface area contributed by atoms with Crippen LogP contribution in [0.5, 0.6) is 0 Å². The van der Waals surface area contributed by atoms with E-state index in [0.717, 1.165) is 21.1 Å². The molecule has 0 atom stereocenters. The highest BCUT2D eigenvalue weighted by Crippen LogP contribution is 2.16. The van der Waals surface area contributed by atoms with Crippen LogP contribution in [0, 0.1) is 11.3 Å². The number of amides is 1. The van der Waals surface area contributed by atoms with Gasteiger partial charge in [0, 0.05) is 11.0 Å². The molecule has 2 aromatic heterocycles. The van der Waals surface area contributed by atoms with E-state index in [9.17, 15) is 4.79 Å². The van der Waals surface area contributed by atoms with Crippen LogP contribution in [0.2, 0.25) is 0 Å². The molecule has 0 radical (unpaired) electrons. The molecule has 5 aromatic rings. The van der Waals surface area contributed by atoms with E-state index >= 15 is 0 Å². The molecular formula is C28H22BrN7O. The smallest absolute Gasteiger partial charge is 0.274 e. The average Bonchev–Trinajstić information content (AvgIpc) is 3.38. The second-order valence-corrected chi connectivity index (χ2v) is 9.45. The monoisotopic (exact) mass is 551 g/mol. The minimum Gasteiger partial charge on any atom is -0.329 e. The van der Waals surface area contributed by atoms with Crippen molar-refractivity contribution in [3.63, 3.8) is 0 Å². The van der Waals surface area contributed by atoms with Crippen LogP contribution in [0.4, 0.5) is 0 Å². The molecule has 8 nitrogen and oxygen atoms in total. The summed E-state index contributed by atoms with van der Waals surface area (Å²) in [4.78, 5) is 24.4. The molecule has 0 N–H and O–H groups in total. The highest BCUT2D eigenvalue weighted by molar-refractivity contribution is 9.10. The first-order valence-electron chi connectivity index (χ1n) is 11.7. The van der Waals surface area contributed by atoms with Crippen molar-refractivity contribution >= 4 is 32.9 Å². The molecule has 0 fully saturated rings. The maximum atomic E-state index is 13.7. The van der Waals surface area contributed by atoms with Gasteiger partial charge in [0.2, 0.25) is 0 Å². The summed E-state index contributed by atoms with van der Waals surface area (Å²) >= 11 is 3.47. The van der Waals surface area contributed by atoms with Crippen molar-refractivity contribution in [2.24, 2.45) is 0 Å². The lowest BCUT2D eigenvalue weighted by atomic mass is 10.1. The van der Waals surface area contributed by atoms with Crippen molar-refractivity contribution in [1.29, 1.82) is 5.26 Å². The van der Waals surface area contributed by atoms with Crippen LogP contribution in [0.15, 0.2) is 89.8 Å². The maximum Gasteiger partial charge on any atom is 0.274 e. The fraction of sp³-hybridized carbons (Fsp3) is 0.143. The van der Waals surface area contributed by atoms with Crippen molar-refractivity contribution in [3.8, 4) is 6.07 Å². The highest BCUT2D eigenvalue weighted by Gasteiger charge is 2.21. The Kier molecular flexibility index (Phi) is 7.28. The Morgan fingerprint density at radius 1 is 0.973 bits per heavy atom. The number of hydrogen-bond acceptors (Lipinski definition) is 6. The Balaban J connectivity index is 1.40. The molecule has 0 saturated carbocycles. The lowest BCUT2D eigenvalue weighted by Crippen LogP contribution is -2.34. The molecule has 0 aliphatic rings. The van der Waals surface area contributed by atoms with Gasteiger partial charge >= 0.3 is 0 Å². The van der Waals surface area contributed by atoms with Gasteiger partial charge in [0.25, 0.3) is 5.91 Å². The zero-order chi connectivity index (χ0) is 25.6. The van der Waals surface area contributed by atoms with Gasteiger partial charge in [-0.25, -0.2) is 4.98 Å². The quantitative estimate of drug-likeness (QED) is 0.275. The molecule has 0 unspecified atom stereocenters. The summed E-state index contributed by atoms with van der Waals surface area (Å²) in [6, 6.07) is 25.1. The SMILES string of the molecule is N#Cc1ccc(Cn2cnnc2CN(CCc2ccc(Br)cc2)C(=O)c2cnc3ccccc3n2)cc1. The van der Waals surface area contributed by atoms with Gasteiger partial charge in [0.05, 0.1) is 42.0 Å². The molecule has 0 spiro atoms. The van der Waals surface area contributed by atoms with Gasteiger partial charge in [0.15, 0.2) is 5.82 Å². The van der Waals surface area contributed by atoms with Crippen molar-refractivity contribution < 1.29 is 4.79 Å². The van der Waals surface area contributed by atoms with Gasteiger partial charge in [-0.1, -0.05) is 52.3 Å². The zero-order valence-electron chi connectivity index (χ0n) is 19.8. The normalized spacial score (nSPS) is 10.8. The van der Waals surface area contributed by atoms with E-state index < -0.39 is 0 Å². The van der Waals surface area contributed by atoms with E-state index in [-0.39, 0.29) is 18.1 Å². The predicted octanol–water partition coefficient (Wildman–Crippen LogP) is 4.79. The number of carbonyl (C=O) groups excluding carboxylic acids is 1. The minimum atomic E-state index is -0.219. The first-order valence-corrected chi connectivity index (χ1v) is 12.5. The lowest BCUT2D eigenvalue weighted by molar-refractivity contribution is 0.0733. The molecule has 37 heavy (non-hydrogen) atoms. The Labute approximate surface area is 222 Å². The van der Waals surface area contributed by atoms with E-state index in [1.54, 1.807) is 23.4 Å². The molecule has 0 aliphatic carbocycles. The molecule has 3 aromatic carbocycles. The Bertz CT molecular complexity index is 1570. The summed E-state index contributed by atoms with van der Waals surface area (Å²) in [6.07, 6.45) is 3.85. The Hall–Kier alpha value is -4.42. The molecule has 5 rings (SSSR count). The van der Waals surface area contributed by atoms with Gasteiger partial charge < -0.3 is 9.47 Å². The van der Waals surface area contributed by atoms with Crippen molar-refractivity contribution in [1.82, 2.24) is 29.6 Å². The first-order chi connectivity index (χ1) is 18.1. The maximum absolute atomic E-state index is 13.7. The number of halogens is 1. The summed E-state index contributed by atoms with van der Waals surface area (Å²) in [5.41, 5.74) is 4.42. The second-order valence-electron chi connectivity index (χ2n) is 8.53. The van der Waals surface area contributed by atoms with Gasteiger partial charge in [-0.3, -0.25) is 9.78 Å². The Morgan fingerprint density at radius 3 is 2.46 bits per heavy atom. The van der Waals surface area contributed by atoms with Gasteiger partial charge in [-0.2, -0.15) is 5.26 Å². The zero-order valence-corrected chi connectivity index (χ0v) is 21.4. The third-order valence-corrected chi connectivity index (χ3v) is 6.53. The van der Waals surface area contributed by atoms with Crippen molar-refractivity contribution in [3.05, 3.63) is 118 Å². The van der Waals surface area contributed by atoms with E-state index in [4.69, 9.17) is 5.26 Å². The van der Waals surface area contributed by atoms with Gasteiger partial charge in [-0.15, -0.1) is 10.2 Å². The number of aromatic nitrogens is 5. The van der Waals surface area contributed by atoms with Crippen LogP contribution in [0.1, 0.15) is 33.0 Å². The van der Waals surface area contributed by atoms with Crippen LogP contribution >= 0.6 is 15.9 Å². The standard InChI is InChI=1S/C28H22BrN7O/c29-23-11-9-20(10-12-23)13-14-35(28(37)26-16-31-24-3-1-2-4-25(24)33-26)18-27-34-32-19-36(27)17-22-7-5-21(15-30)6-8-22/h1-12,16,19H,13-14,17-18H2. The number of fused-ring (bicyclic) bond motifs is 1. The fourth-order valence-corrected chi connectivity index (χ4v) is 4.24. The topological polar surface area (TPSA) is 101 Å². The summed E-state index contributed by atoms with van der Waals surface area (Å²) in [5.74, 6) is 0.436. The van der Waals surface area contributed by atoms with Crippen LogP contribution < -0.4 is 0 Å². The van der Waals surface area contributed by atoms with Crippen LogP contribution in [0.3, 0.4) is 0 Å². The molecule has 2 heterocycles. The van der Waals surface area contributed by atoms with E-state index in [1.807, 2.05) is 65.2 Å². The van der Waals surface area contributed by atoms with E-state index in [0.29, 0.717) is 36.4 Å². The van der Waals surface area contributed by atoms with Crippen molar-refractivity contribution in [2.75, 3.05) is 6.54 Å². The highest BCUT2D eigenvalue weighted by atomic mass is 79.9. The number of rotatable bonds is 8. The van der Waals surface area contributed by atoms with E-state index in [1.165, 1.54) is 6.20 Å². The lowest BCUT2D eigenvalue weighted by Gasteiger charge is -2.22. The summed E-state index contributed by atoms with van der Waals surface area (Å²) in [6.45, 7) is 1.26. The first kappa shape index (κ1) is 24.3. The van der Waals surface area contributed by atoms with Crippen LogP contribution in [0.25, 0.3) is 11.0 Å². The molecule has 1 amide bonds. The third kappa shape index (κ3) is 5.88. The average molecular weight is 552 g/mol. The van der Waals surface area contributed by atoms with Crippen LogP contribution in [-0.4, -0.2) is 42.1 Å². The molecule has 9 heteroatoms. The van der Waals surface area contributed by atoms with E-state index in [2.05, 4.69) is 42.2 Å². The fourth-order valence-electron chi connectivity index (χ4n) is 3.98. The molecular weight excluding hydrogens is 530 g/mol. The number of nitrogens with zero attached hydrogens (tertiary/aromatic N) is 7. The predicted molar refractivity (Wildman–Crippen MR) is 142 cm³/mol. The molecule has 0 bridgehead atoms. The summed E-state index contributed by atoms with van der Waals surface area (Å²) in [7, 11) is 0. The second kappa shape index (κ2) is 11.1. The molecule has 0 saturated heterocycles. The number of para-hydroxylation sites is 2. The van der Waals surface area contributed by atoms with Crippen LogP contribution in [-0.2, 0) is 19.5 Å². The number of carbonyl (C=O) groups is 1. The van der Waals surface area contributed by atoms with Gasteiger partial charge in [-0.05, 0) is 53.9 Å². The molecule has 0 aliphatic heterocycles. The molecule has 182 valence electrons. The largest absolute Gasteiger partial charge is 0.329 e. The third-order valence-electron chi connectivity index (χ3n) is 6.00. The minimum absolute atomic E-state index is 0.219. The van der Waals surface area contributed by atoms with Crippen molar-refractivity contribution in [2.45, 2.75) is 19.5 Å². The van der Waals surface area contributed by atoms with Gasteiger partial charge in [0.1, 0.15) is 12.0 Å². The Morgan fingerprint density at radius 2 is 1.70 bits per heavy atom. The number of benzene rings is 3. The number of hydrogen-bond donors (Lipinski definition) is 0. The summed E-state index contributed by atoms with van der Waals surface area (Å²) < 4.78 is 2.92. The summed E-state index contributed by atoms with van der Waals surface area (Å²) in [5, 5.41) is 17.5. The number of nitriles is 1.